The largest absolute Gasteiger partial charge is 0.378 e. The zero-order valence-electron chi connectivity index (χ0n) is 13.7. The summed E-state index contributed by atoms with van der Waals surface area (Å²) in [5, 5.41) is 4.45. The predicted octanol–water partition coefficient (Wildman–Crippen LogP) is 3.52. The molecule has 3 aromatic rings. The van der Waals surface area contributed by atoms with Crippen molar-refractivity contribution >= 4 is 28.1 Å². The van der Waals surface area contributed by atoms with Crippen LogP contribution in [0, 0.1) is 6.92 Å². The highest BCUT2D eigenvalue weighted by molar-refractivity contribution is 5.93. The Bertz CT molecular complexity index is 859. The maximum Gasteiger partial charge on any atom is 0.141 e. The second-order valence-electron chi connectivity index (χ2n) is 6.02. The van der Waals surface area contributed by atoms with Gasteiger partial charge in [0, 0.05) is 29.9 Å². The van der Waals surface area contributed by atoms with Crippen molar-refractivity contribution in [2.45, 2.75) is 6.92 Å². The van der Waals surface area contributed by atoms with Crippen molar-refractivity contribution in [1.82, 2.24) is 9.97 Å². The van der Waals surface area contributed by atoms with E-state index < -0.39 is 0 Å². The monoisotopic (exact) mass is 320 g/mol. The number of hydrogen-bond acceptors (Lipinski definition) is 5. The molecule has 0 spiro atoms. The van der Waals surface area contributed by atoms with Crippen LogP contribution in [-0.4, -0.2) is 36.3 Å². The van der Waals surface area contributed by atoms with Crippen LogP contribution in [0.5, 0.6) is 0 Å². The molecule has 2 aromatic carbocycles. The fraction of sp³-hybridized carbons (Fsp3) is 0.263. The Kier molecular flexibility index (Phi) is 4.01. The number of benzene rings is 2. The van der Waals surface area contributed by atoms with Gasteiger partial charge in [-0.1, -0.05) is 12.1 Å². The molecule has 0 radical (unpaired) electrons. The quantitative estimate of drug-likeness (QED) is 0.800. The van der Waals surface area contributed by atoms with Crippen LogP contribution in [0.4, 0.5) is 17.2 Å². The molecule has 2 heterocycles. The van der Waals surface area contributed by atoms with Crippen LogP contribution < -0.4 is 10.2 Å². The number of nitrogens with one attached hydrogen (secondary N) is 1. The zero-order chi connectivity index (χ0) is 16.4. The molecule has 0 aliphatic carbocycles. The van der Waals surface area contributed by atoms with Gasteiger partial charge in [0.25, 0.3) is 0 Å². The maximum absolute atomic E-state index is 5.44. The van der Waals surface area contributed by atoms with Crippen LogP contribution in [0.15, 0.2) is 48.8 Å². The van der Waals surface area contributed by atoms with E-state index in [9.17, 15) is 0 Å². The molecule has 5 nitrogen and oxygen atoms in total. The average Bonchev–Trinajstić information content (AvgIpc) is 2.62. The summed E-state index contributed by atoms with van der Waals surface area (Å²) in [7, 11) is 0. The minimum Gasteiger partial charge on any atom is -0.378 e. The fourth-order valence-corrected chi connectivity index (χ4v) is 3.02. The van der Waals surface area contributed by atoms with E-state index >= 15 is 0 Å². The van der Waals surface area contributed by atoms with Crippen LogP contribution in [-0.2, 0) is 4.74 Å². The van der Waals surface area contributed by atoms with Crippen LogP contribution >= 0.6 is 0 Å². The van der Waals surface area contributed by atoms with E-state index in [1.54, 1.807) is 6.33 Å². The van der Waals surface area contributed by atoms with Crippen molar-refractivity contribution in [3.63, 3.8) is 0 Å². The summed E-state index contributed by atoms with van der Waals surface area (Å²) in [6, 6.07) is 14.6. The van der Waals surface area contributed by atoms with Gasteiger partial charge in [-0.3, -0.25) is 0 Å². The van der Waals surface area contributed by atoms with Gasteiger partial charge in [-0.15, -0.1) is 0 Å². The number of anilines is 3. The minimum atomic E-state index is 0.776. The van der Waals surface area contributed by atoms with E-state index in [2.05, 4.69) is 57.4 Å². The third-order valence-electron chi connectivity index (χ3n) is 4.28. The number of aryl methyl sites for hydroxylation is 1. The summed E-state index contributed by atoms with van der Waals surface area (Å²) in [5.74, 6) is 0.834. The van der Waals surface area contributed by atoms with Crippen LogP contribution in [0.3, 0.4) is 0 Å². The first-order valence-electron chi connectivity index (χ1n) is 8.21. The second-order valence-corrected chi connectivity index (χ2v) is 6.02. The number of morpholine rings is 1. The number of ether oxygens (including phenoxy) is 1. The van der Waals surface area contributed by atoms with Gasteiger partial charge in [-0.2, -0.15) is 0 Å². The van der Waals surface area contributed by atoms with Gasteiger partial charge in [0.05, 0.1) is 18.7 Å². The van der Waals surface area contributed by atoms with Gasteiger partial charge >= 0.3 is 0 Å². The van der Waals surface area contributed by atoms with Crippen molar-refractivity contribution in [2.75, 3.05) is 36.5 Å². The molecule has 1 saturated heterocycles. The molecular formula is C19H20N4O. The number of hydrogen-bond donors (Lipinski definition) is 1. The van der Waals surface area contributed by atoms with E-state index in [0.717, 1.165) is 48.7 Å². The van der Waals surface area contributed by atoms with Gasteiger partial charge in [0.1, 0.15) is 12.1 Å². The highest BCUT2D eigenvalue weighted by atomic mass is 16.5. The molecule has 1 aromatic heterocycles. The normalized spacial score (nSPS) is 14.8. The minimum absolute atomic E-state index is 0.776. The summed E-state index contributed by atoms with van der Waals surface area (Å²) in [4.78, 5) is 11.2. The van der Waals surface area contributed by atoms with E-state index in [1.807, 2.05) is 12.1 Å². The zero-order valence-corrected chi connectivity index (χ0v) is 13.7. The lowest BCUT2D eigenvalue weighted by atomic mass is 10.1. The Morgan fingerprint density at radius 3 is 2.75 bits per heavy atom. The van der Waals surface area contributed by atoms with E-state index in [0.29, 0.717) is 0 Å². The number of fused-ring (bicyclic) bond motifs is 1. The summed E-state index contributed by atoms with van der Waals surface area (Å²) in [6.45, 7) is 5.47. The number of aromatic nitrogens is 2. The van der Waals surface area contributed by atoms with E-state index in [-0.39, 0.29) is 0 Å². The average molecular weight is 320 g/mol. The lowest BCUT2D eigenvalue weighted by Gasteiger charge is -2.29. The molecule has 1 N–H and O–H groups in total. The Morgan fingerprint density at radius 2 is 1.92 bits per heavy atom. The number of rotatable bonds is 3. The topological polar surface area (TPSA) is 50.3 Å². The highest BCUT2D eigenvalue weighted by Gasteiger charge is 2.13. The lowest BCUT2D eigenvalue weighted by molar-refractivity contribution is 0.122. The molecule has 122 valence electrons. The molecule has 1 aliphatic heterocycles. The summed E-state index contributed by atoms with van der Waals surface area (Å²) in [6.07, 6.45) is 1.61. The third-order valence-corrected chi connectivity index (χ3v) is 4.28. The molecule has 0 saturated carbocycles. The Balaban J connectivity index is 1.71. The first-order chi connectivity index (χ1) is 11.8. The summed E-state index contributed by atoms with van der Waals surface area (Å²) in [5.41, 5.74) is 4.38. The van der Waals surface area contributed by atoms with Crippen molar-refractivity contribution in [3.8, 4) is 0 Å². The van der Waals surface area contributed by atoms with Crippen LogP contribution in [0.2, 0.25) is 0 Å². The summed E-state index contributed by atoms with van der Waals surface area (Å²) < 4.78 is 5.44. The van der Waals surface area contributed by atoms with E-state index in [1.165, 1.54) is 11.3 Å². The fourth-order valence-electron chi connectivity index (χ4n) is 3.02. The molecule has 1 aliphatic rings. The first kappa shape index (κ1) is 14.9. The van der Waals surface area contributed by atoms with Crippen molar-refractivity contribution in [2.24, 2.45) is 0 Å². The van der Waals surface area contributed by atoms with Gasteiger partial charge in [-0.05, 0) is 42.8 Å². The summed E-state index contributed by atoms with van der Waals surface area (Å²) >= 11 is 0. The predicted molar refractivity (Wildman–Crippen MR) is 97.0 cm³/mol. The van der Waals surface area contributed by atoms with Gasteiger partial charge in [0.15, 0.2) is 0 Å². The van der Waals surface area contributed by atoms with Crippen molar-refractivity contribution < 1.29 is 4.74 Å². The SMILES string of the molecule is Cc1cccc(Nc2ncnc3ccc(N4CCOCC4)cc23)c1. The lowest BCUT2D eigenvalue weighted by Crippen LogP contribution is -2.36. The first-order valence-corrected chi connectivity index (χ1v) is 8.21. The molecule has 24 heavy (non-hydrogen) atoms. The Labute approximate surface area is 141 Å². The molecule has 0 unspecified atom stereocenters. The molecule has 0 bridgehead atoms. The smallest absolute Gasteiger partial charge is 0.141 e. The van der Waals surface area contributed by atoms with Gasteiger partial charge < -0.3 is 15.0 Å². The van der Waals surface area contributed by atoms with Crippen molar-refractivity contribution in [3.05, 3.63) is 54.4 Å². The second kappa shape index (κ2) is 6.45. The van der Waals surface area contributed by atoms with Gasteiger partial charge in [-0.25, -0.2) is 9.97 Å². The number of nitrogens with zero attached hydrogens (tertiary/aromatic N) is 3. The third kappa shape index (κ3) is 3.03. The molecule has 5 heteroatoms. The highest BCUT2D eigenvalue weighted by Crippen LogP contribution is 2.28. The Hall–Kier alpha value is -2.66. The standard InChI is InChI=1S/C19H20N4O/c1-14-3-2-4-15(11-14)22-19-17-12-16(23-7-9-24-10-8-23)5-6-18(17)20-13-21-19/h2-6,11-13H,7-10H2,1H3,(H,20,21,22). The van der Waals surface area contributed by atoms with E-state index in [4.69, 9.17) is 4.74 Å². The molecule has 0 atom stereocenters. The van der Waals surface area contributed by atoms with Crippen molar-refractivity contribution in [1.29, 1.82) is 0 Å². The molecule has 4 rings (SSSR count). The van der Waals surface area contributed by atoms with Crippen LogP contribution in [0.1, 0.15) is 5.56 Å². The Morgan fingerprint density at radius 1 is 1.04 bits per heavy atom. The molecule has 1 fully saturated rings. The van der Waals surface area contributed by atoms with Crippen LogP contribution in [0.25, 0.3) is 10.9 Å². The molecule has 0 amide bonds. The molecular weight excluding hydrogens is 300 g/mol. The maximum atomic E-state index is 5.44. The van der Waals surface area contributed by atoms with Gasteiger partial charge in [0.2, 0.25) is 0 Å².